The van der Waals surface area contributed by atoms with E-state index in [1.807, 2.05) is 43.5 Å². The van der Waals surface area contributed by atoms with Crippen LogP contribution in [0.5, 0.6) is 0 Å². The minimum absolute atomic E-state index is 0. The maximum atomic E-state index is 13.4. The number of carbonyl (C=O) groups is 2. The van der Waals surface area contributed by atoms with Gasteiger partial charge in [0.2, 0.25) is 0 Å². The minimum atomic E-state index is -1.08. The van der Waals surface area contributed by atoms with E-state index in [4.69, 9.17) is 9.15 Å². The molecule has 2 N–H and O–H groups in total. The Hall–Kier alpha value is -3.81. The molecule has 214 valence electrons. The van der Waals surface area contributed by atoms with Gasteiger partial charge in [-0.05, 0) is 71.9 Å². The first-order valence-corrected chi connectivity index (χ1v) is 14.2. The van der Waals surface area contributed by atoms with Crippen LogP contribution in [0.4, 0.5) is 5.69 Å². The number of carbonyl (C=O) groups excluding carboxylic acids is 1. The summed E-state index contributed by atoms with van der Waals surface area (Å²) >= 11 is 1.51. The Bertz CT molecular complexity index is 1580. The molecule has 0 radical (unpaired) electrons. The van der Waals surface area contributed by atoms with Gasteiger partial charge in [0.1, 0.15) is 23.7 Å². The number of benzene rings is 3. The molecular formula is C31H31LiN2O7S. The average molecular weight is 583 g/mol. The molecule has 2 atom stereocenters. The summed E-state index contributed by atoms with van der Waals surface area (Å²) in [7, 11) is 1.54. The number of furan rings is 1. The molecular weight excluding hydrogens is 551 g/mol. The van der Waals surface area contributed by atoms with Crippen molar-refractivity contribution in [2.45, 2.75) is 25.5 Å². The number of nitrogens with one attached hydrogen (secondary N) is 1. The predicted molar refractivity (Wildman–Crippen MR) is 159 cm³/mol. The summed E-state index contributed by atoms with van der Waals surface area (Å²) in [6.45, 7) is 1.94. The fraction of sp³-hybridized carbons (Fsp3) is 0.226. The van der Waals surface area contributed by atoms with Gasteiger partial charge < -0.3 is 21.0 Å². The molecule has 42 heavy (non-hydrogen) atoms. The number of rotatable bonds is 12. The second-order valence-corrected chi connectivity index (χ2v) is 10.4. The van der Waals surface area contributed by atoms with Crippen LogP contribution < -0.4 is 24.2 Å². The Kier molecular flexibility index (Phi) is 11.6. The number of aryl methyl sites for hydroxylation is 1. The summed E-state index contributed by atoms with van der Waals surface area (Å²) in [5.74, 6) is -0.0463. The predicted octanol–water partition coefficient (Wildman–Crippen LogP) is 3.62. The summed E-state index contributed by atoms with van der Waals surface area (Å²) < 4.78 is 11.9. The maximum absolute atomic E-state index is 13.4. The molecule has 9 nitrogen and oxygen atoms in total. The molecule has 0 saturated carbocycles. The topological polar surface area (TPSA) is 132 Å². The van der Waals surface area contributed by atoms with Gasteiger partial charge >= 0.3 is 24.8 Å². The zero-order valence-corrected chi connectivity index (χ0v) is 24.6. The maximum Gasteiger partial charge on any atom is 1.00 e. The van der Waals surface area contributed by atoms with Crippen LogP contribution in [0.1, 0.15) is 41.2 Å². The van der Waals surface area contributed by atoms with Gasteiger partial charge in [0.15, 0.2) is 0 Å². The Morgan fingerprint density at radius 3 is 2.50 bits per heavy atom. The molecule has 0 fully saturated rings. The summed E-state index contributed by atoms with van der Waals surface area (Å²) in [4.78, 5) is 35.9. The largest absolute Gasteiger partial charge is 1.00 e. The van der Waals surface area contributed by atoms with Crippen LogP contribution >= 0.6 is 11.8 Å². The van der Waals surface area contributed by atoms with Crippen LogP contribution in [0.2, 0.25) is 0 Å². The van der Waals surface area contributed by atoms with E-state index in [0.717, 1.165) is 11.1 Å². The molecule has 4 rings (SSSR count). The number of hydrogen-bond acceptors (Lipinski definition) is 7. The fourth-order valence-corrected chi connectivity index (χ4v) is 5.06. The monoisotopic (exact) mass is 582 g/mol. The van der Waals surface area contributed by atoms with E-state index in [2.05, 4.69) is 5.32 Å². The number of hydrogen-bond donors (Lipinski definition) is 2. The molecule has 0 saturated heterocycles. The van der Waals surface area contributed by atoms with Gasteiger partial charge in [-0.2, -0.15) is 11.8 Å². The number of nitro benzene ring substituents is 1. The van der Waals surface area contributed by atoms with Gasteiger partial charge in [0.25, 0.3) is 11.6 Å². The van der Waals surface area contributed by atoms with Crippen molar-refractivity contribution < 1.29 is 49.1 Å². The summed E-state index contributed by atoms with van der Waals surface area (Å²) in [6, 6.07) is 21.5. The third-order valence-electron chi connectivity index (χ3n) is 6.70. The Balaban J connectivity index is 0.00000323. The Morgan fingerprint density at radius 1 is 1.07 bits per heavy atom. The van der Waals surface area contributed by atoms with E-state index >= 15 is 0 Å². The third kappa shape index (κ3) is 7.52. The average Bonchev–Trinajstić information content (AvgIpc) is 3.45. The Morgan fingerprint density at radius 2 is 1.83 bits per heavy atom. The normalized spacial score (nSPS) is 12.2. The number of thioether (sulfide) groups is 1. The van der Waals surface area contributed by atoms with Crippen LogP contribution in [0, 0.1) is 17.0 Å². The number of non-ortho nitro benzene ring substituents is 1. The zero-order valence-electron chi connectivity index (χ0n) is 24.8. The van der Waals surface area contributed by atoms with E-state index in [1.54, 1.807) is 36.4 Å². The van der Waals surface area contributed by atoms with Crippen molar-refractivity contribution in [3.63, 3.8) is 0 Å². The van der Waals surface area contributed by atoms with Crippen molar-refractivity contribution in [3.8, 4) is 22.5 Å². The van der Waals surface area contributed by atoms with Crippen molar-refractivity contribution in [1.29, 1.82) is 0 Å². The third-order valence-corrected chi connectivity index (χ3v) is 7.35. The first kappa shape index (κ1) is 32.7. The van der Waals surface area contributed by atoms with Crippen LogP contribution in [0.3, 0.4) is 0 Å². The number of aliphatic carboxylic acids is 1. The van der Waals surface area contributed by atoms with Gasteiger partial charge in [-0.3, -0.25) is 14.9 Å². The molecule has 0 aliphatic carbocycles. The second kappa shape index (κ2) is 14.9. The molecule has 3 aromatic carbocycles. The molecule has 0 bridgehead atoms. The molecule has 1 amide bonds. The van der Waals surface area contributed by atoms with Gasteiger partial charge in [0.05, 0.1) is 4.92 Å². The van der Waals surface area contributed by atoms with Crippen LogP contribution in [-0.4, -0.2) is 47.1 Å². The molecule has 4 aromatic rings. The van der Waals surface area contributed by atoms with Gasteiger partial charge in [0, 0.05) is 30.4 Å². The molecule has 1 aromatic heterocycles. The van der Waals surface area contributed by atoms with Crippen molar-refractivity contribution in [1.82, 2.24) is 5.32 Å². The van der Waals surface area contributed by atoms with Crippen LogP contribution in [-0.2, 0) is 9.53 Å². The number of methoxy groups -OCH3 is 1. The van der Waals surface area contributed by atoms with Gasteiger partial charge in [-0.25, -0.2) is 4.79 Å². The molecule has 11 heteroatoms. The van der Waals surface area contributed by atoms with E-state index in [1.165, 1.54) is 31.0 Å². The van der Waals surface area contributed by atoms with Gasteiger partial charge in [-0.15, -0.1) is 0 Å². The summed E-state index contributed by atoms with van der Waals surface area (Å²) in [5, 5.41) is 23.5. The van der Waals surface area contributed by atoms with Crippen molar-refractivity contribution in [3.05, 3.63) is 111 Å². The standard InChI is InChI=1S/C31H30N2O7S.Li.H/c1-19-7-4-5-10-23(19)25-18-21(11-12-24(25)30(34)32-26(31(35)36)15-16-41-3)29(39-2)28-14-13-27(40-28)20-8-6-9-22(17-20)33(37)38;;/h4-14,17-18,26,29H,15-16H2,1-3H3,(H,32,34)(H,35,36);;/q;+1;-1. The summed E-state index contributed by atoms with van der Waals surface area (Å²) in [5.41, 5.74) is 3.95. The first-order chi connectivity index (χ1) is 19.7. The van der Waals surface area contributed by atoms with E-state index in [-0.39, 0.29) is 26.0 Å². The number of ether oxygens (including phenoxy) is 1. The quantitative estimate of drug-likeness (QED) is 0.147. The molecule has 0 spiro atoms. The molecule has 2 unspecified atom stereocenters. The number of nitro groups is 1. The van der Waals surface area contributed by atoms with E-state index in [0.29, 0.717) is 45.9 Å². The second-order valence-electron chi connectivity index (χ2n) is 9.39. The fourth-order valence-electron chi connectivity index (χ4n) is 4.59. The SMILES string of the molecule is COC(c1ccc(C(=O)NC(CCSC)C(=O)O)c(-c2ccccc2C)c1)c1ccc(-c2cccc([N+](=O)[O-])c2)o1.[H-].[Li+]. The van der Waals surface area contributed by atoms with Crippen LogP contribution in [0.15, 0.2) is 83.3 Å². The number of nitrogens with zero attached hydrogens (tertiary/aromatic N) is 1. The number of amides is 1. The number of carboxylic acids is 1. The van der Waals surface area contributed by atoms with Crippen molar-refractivity contribution >= 4 is 29.3 Å². The van der Waals surface area contributed by atoms with E-state index < -0.39 is 28.9 Å². The Labute approximate surface area is 261 Å². The smallest absolute Gasteiger partial charge is 1.00 e. The minimum Gasteiger partial charge on any atom is -1.00 e. The van der Waals surface area contributed by atoms with Crippen molar-refractivity contribution in [2.24, 2.45) is 0 Å². The molecule has 0 aliphatic heterocycles. The van der Waals surface area contributed by atoms with E-state index in [9.17, 15) is 24.8 Å². The number of carboxylic acid groups (broad SMARTS) is 1. The summed E-state index contributed by atoms with van der Waals surface area (Å²) in [6.07, 6.45) is 1.54. The van der Waals surface area contributed by atoms with Crippen molar-refractivity contribution in [2.75, 3.05) is 19.1 Å². The molecule has 0 aliphatic rings. The van der Waals surface area contributed by atoms with Gasteiger partial charge in [-0.1, -0.05) is 42.5 Å². The zero-order chi connectivity index (χ0) is 29.5. The first-order valence-electron chi connectivity index (χ1n) is 12.8. The molecule has 1 heterocycles. The van der Waals surface area contributed by atoms with Crippen LogP contribution in [0.25, 0.3) is 22.5 Å².